The summed E-state index contributed by atoms with van der Waals surface area (Å²) in [7, 11) is 0. The lowest BCUT2D eigenvalue weighted by Gasteiger charge is -1.87. The van der Waals surface area contributed by atoms with Crippen LogP contribution in [-0.2, 0) is 0 Å². The number of hydrogen-bond donors (Lipinski definition) is 0. The highest BCUT2D eigenvalue weighted by molar-refractivity contribution is 8.03. The Morgan fingerprint density at radius 3 is 2.45 bits per heavy atom. The fraction of sp³-hybridized carbons (Fsp3) is 0.111. The van der Waals surface area contributed by atoms with E-state index in [1.165, 1.54) is 23.9 Å². The Hall–Kier alpha value is -0.940. The smallest absolute Gasteiger partial charge is 0.123 e. The monoisotopic (exact) mass is 166 g/mol. The minimum Gasteiger partial charge on any atom is -0.207 e. The van der Waals surface area contributed by atoms with Crippen molar-refractivity contribution in [2.45, 2.75) is 0 Å². The lowest BCUT2D eigenvalue weighted by molar-refractivity contribution is 0.627. The molecule has 1 rings (SSSR count). The first-order valence-electron chi connectivity index (χ1n) is 3.12. The van der Waals surface area contributed by atoms with Gasteiger partial charge in [0.05, 0.1) is 0 Å². The fourth-order valence-electron chi connectivity index (χ4n) is 0.643. The molecule has 56 valence electrons. The molecule has 0 saturated heterocycles. The highest BCUT2D eigenvalue weighted by Crippen LogP contribution is 2.01. The molecule has 0 spiro atoms. The summed E-state index contributed by atoms with van der Waals surface area (Å²) in [4.78, 5) is 0. The van der Waals surface area contributed by atoms with Crippen LogP contribution >= 0.6 is 11.8 Å². The molecule has 0 aliphatic rings. The molecule has 0 radical (unpaired) electrons. The Morgan fingerprint density at radius 2 is 1.91 bits per heavy atom. The summed E-state index contributed by atoms with van der Waals surface area (Å²) in [6.07, 6.45) is 1.90. The predicted molar refractivity (Wildman–Crippen MR) is 46.8 cm³/mol. The zero-order chi connectivity index (χ0) is 8.10. The van der Waals surface area contributed by atoms with Crippen LogP contribution in [0.3, 0.4) is 0 Å². The summed E-state index contributed by atoms with van der Waals surface area (Å²) < 4.78 is 12.4. The van der Waals surface area contributed by atoms with E-state index in [4.69, 9.17) is 0 Å². The van der Waals surface area contributed by atoms with Gasteiger partial charge < -0.3 is 0 Å². The fourth-order valence-corrected chi connectivity index (χ4v) is 0.863. The average molecular weight is 166 g/mol. The van der Waals surface area contributed by atoms with Crippen LogP contribution in [0.4, 0.5) is 4.39 Å². The second-order valence-electron chi connectivity index (χ2n) is 1.94. The molecule has 1 aromatic carbocycles. The number of rotatable bonds is 0. The van der Waals surface area contributed by atoms with Gasteiger partial charge in [-0.2, -0.15) is 0 Å². The lowest BCUT2D eigenvalue weighted by Crippen LogP contribution is -1.74. The average Bonchev–Trinajstić information content (AvgIpc) is 2.04. The molecule has 0 bridgehead atoms. The van der Waals surface area contributed by atoms with E-state index in [-0.39, 0.29) is 5.82 Å². The quantitative estimate of drug-likeness (QED) is 0.533. The van der Waals surface area contributed by atoms with Crippen LogP contribution in [0.25, 0.3) is 0 Å². The number of thioether (sulfide) groups is 1. The molecule has 0 atom stereocenters. The Balaban J connectivity index is 2.82. The first-order chi connectivity index (χ1) is 5.33. The summed E-state index contributed by atoms with van der Waals surface area (Å²) in [6.45, 7) is 0. The van der Waals surface area contributed by atoms with Crippen LogP contribution in [0, 0.1) is 17.0 Å². The molecule has 11 heavy (non-hydrogen) atoms. The molecule has 0 unspecified atom stereocenters. The van der Waals surface area contributed by atoms with E-state index in [0.29, 0.717) is 0 Å². The molecule has 0 aromatic heterocycles. The van der Waals surface area contributed by atoms with Gasteiger partial charge in [0.25, 0.3) is 0 Å². The molecule has 0 heterocycles. The summed E-state index contributed by atoms with van der Waals surface area (Å²) in [5, 5.41) is 2.83. The van der Waals surface area contributed by atoms with Gasteiger partial charge in [-0.1, -0.05) is 17.7 Å². The summed E-state index contributed by atoms with van der Waals surface area (Å²) in [6, 6.07) is 6.14. The van der Waals surface area contributed by atoms with Gasteiger partial charge in [0.2, 0.25) is 0 Å². The van der Waals surface area contributed by atoms with Gasteiger partial charge in [-0.05, 0) is 35.8 Å². The normalized spacial score (nSPS) is 8.55. The van der Waals surface area contributed by atoms with Gasteiger partial charge in [-0.25, -0.2) is 4.39 Å². The second-order valence-corrected chi connectivity index (χ2v) is 2.55. The highest BCUT2D eigenvalue weighted by Gasteiger charge is 1.87. The van der Waals surface area contributed by atoms with Crippen molar-refractivity contribution in [3.05, 3.63) is 35.6 Å². The molecule has 0 nitrogen and oxygen atoms in total. The van der Waals surface area contributed by atoms with Gasteiger partial charge in [0.15, 0.2) is 0 Å². The Bertz CT molecular complexity index is 279. The minimum atomic E-state index is -0.222. The third-order valence-electron chi connectivity index (χ3n) is 1.14. The zero-order valence-corrected chi connectivity index (χ0v) is 6.91. The third kappa shape index (κ3) is 2.65. The van der Waals surface area contributed by atoms with Crippen LogP contribution in [0.5, 0.6) is 0 Å². The molecular formula is C9H7FS. The lowest BCUT2D eigenvalue weighted by atomic mass is 10.2. The molecule has 0 amide bonds. The molecule has 0 N–H and O–H groups in total. The first kappa shape index (κ1) is 8.16. The Kier molecular flexibility index (Phi) is 3.00. The summed E-state index contributed by atoms with van der Waals surface area (Å²) in [5.41, 5.74) is 0.848. The number of hydrogen-bond acceptors (Lipinski definition) is 1. The van der Waals surface area contributed by atoms with Crippen molar-refractivity contribution in [3.8, 4) is 11.2 Å². The standard InChI is InChI=1S/C9H7FS/c1-11-7-6-8-2-4-9(10)5-3-8/h2-5H,1H3. The van der Waals surface area contributed by atoms with Crippen molar-refractivity contribution in [2.75, 3.05) is 6.26 Å². The van der Waals surface area contributed by atoms with E-state index >= 15 is 0 Å². The van der Waals surface area contributed by atoms with Gasteiger partial charge in [-0.15, -0.1) is 0 Å². The van der Waals surface area contributed by atoms with E-state index in [1.54, 1.807) is 12.1 Å². The number of benzene rings is 1. The van der Waals surface area contributed by atoms with Crippen molar-refractivity contribution < 1.29 is 4.39 Å². The van der Waals surface area contributed by atoms with Crippen LogP contribution in [0.15, 0.2) is 24.3 Å². The van der Waals surface area contributed by atoms with E-state index in [9.17, 15) is 4.39 Å². The van der Waals surface area contributed by atoms with Crippen molar-refractivity contribution in [3.63, 3.8) is 0 Å². The van der Waals surface area contributed by atoms with Crippen molar-refractivity contribution in [1.29, 1.82) is 0 Å². The minimum absolute atomic E-state index is 0.222. The topological polar surface area (TPSA) is 0 Å². The van der Waals surface area contributed by atoms with E-state index in [2.05, 4.69) is 11.2 Å². The van der Waals surface area contributed by atoms with Gasteiger partial charge in [0.1, 0.15) is 5.82 Å². The molecule has 2 heteroatoms. The molecule has 0 aliphatic heterocycles. The van der Waals surface area contributed by atoms with E-state index in [0.717, 1.165) is 5.56 Å². The van der Waals surface area contributed by atoms with Crippen molar-refractivity contribution in [2.24, 2.45) is 0 Å². The van der Waals surface area contributed by atoms with Crippen LogP contribution in [0.2, 0.25) is 0 Å². The SMILES string of the molecule is CSC#Cc1ccc(F)cc1. The van der Waals surface area contributed by atoms with Gasteiger partial charge in [-0.3, -0.25) is 0 Å². The maximum Gasteiger partial charge on any atom is 0.123 e. The Labute approximate surface area is 69.8 Å². The molecule has 0 aliphatic carbocycles. The molecule has 0 saturated carbocycles. The van der Waals surface area contributed by atoms with Crippen LogP contribution in [0.1, 0.15) is 5.56 Å². The second kappa shape index (κ2) is 4.05. The molecular weight excluding hydrogens is 159 g/mol. The maximum absolute atomic E-state index is 12.4. The van der Waals surface area contributed by atoms with Crippen LogP contribution < -0.4 is 0 Å². The summed E-state index contributed by atoms with van der Waals surface area (Å²) >= 11 is 1.45. The van der Waals surface area contributed by atoms with Gasteiger partial charge in [0, 0.05) is 5.56 Å². The summed E-state index contributed by atoms with van der Waals surface area (Å²) in [5.74, 6) is 2.65. The first-order valence-corrected chi connectivity index (χ1v) is 4.35. The van der Waals surface area contributed by atoms with E-state index < -0.39 is 0 Å². The van der Waals surface area contributed by atoms with Gasteiger partial charge >= 0.3 is 0 Å². The predicted octanol–water partition coefficient (Wildman–Crippen LogP) is 2.50. The van der Waals surface area contributed by atoms with Crippen molar-refractivity contribution in [1.82, 2.24) is 0 Å². The third-order valence-corrected chi connectivity index (χ3v) is 1.45. The van der Waals surface area contributed by atoms with E-state index in [1.807, 2.05) is 6.26 Å². The largest absolute Gasteiger partial charge is 0.207 e. The highest BCUT2D eigenvalue weighted by atomic mass is 32.2. The Morgan fingerprint density at radius 1 is 1.27 bits per heavy atom. The maximum atomic E-state index is 12.4. The zero-order valence-electron chi connectivity index (χ0n) is 6.10. The number of halogens is 1. The molecule has 1 aromatic rings. The van der Waals surface area contributed by atoms with Crippen molar-refractivity contribution >= 4 is 11.8 Å². The molecule has 0 fully saturated rings. The van der Waals surface area contributed by atoms with Crippen LogP contribution in [-0.4, -0.2) is 6.26 Å².